The summed E-state index contributed by atoms with van der Waals surface area (Å²) in [5.41, 5.74) is 0. The summed E-state index contributed by atoms with van der Waals surface area (Å²) in [7, 11) is -9.89. The van der Waals surface area contributed by atoms with Crippen molar-refractivity contribution in [1.29, 1.82) is 0 Å². The summed E-state index contributed by atoms with van der Waals surface area (Å²) >= 11 is 0. The molecule has 3 N–H and O–H groups in total. The third-order valence-corrected chi connectivity index (χ3v) is 17.7. The summed E-state index contributed by atoms with van der Waals surface area (Å²) < 4.78 is 68.1. The fraction of sp³-hybridized carbons (Fsp3) is 0.939. The smallest absolute Gasteiger partial charge is 0.462 e. The quantitative estimate of drug-likeness (QED) is 0.0222. The highest BCUT2D eigenvalue weighted by Gasteiger charge is 2.30. The maximum Gasteiger partial charge on any atom is 0.472 e. The van der Waals surface area contributed by atoms with Gasteiger partial charge < -0.3 is 33.8 Å². The van der Waals surface area contributed by atoms with Crippen LogP contribution < -0.4 is 0 Å². The minimum atomic E-state index is -4.95. The van der Waals surface area contributed by atoms with Crippen molar-refractivity contribution in [1.82, 2.24) is 0 Å². The summed E-state index contributed by atoms with van der Waals surface area (Å²) in [6.45, 7) is 14.0. The van der Waals surface area contributed by atoms with Crippen LogP contribution >= 0.6 is 15.6 Å². The number of hydrogen-bond donors (Lipinski definition) is 3. The van der Waals surface area contributed by atoms with Gasteiger partial charge >= 0.3 is 39.5 Å². The Hall–Kier alpha value is -1.94. The third-order valence-electron chi connectivity index (χ3n) is 15.8. The van der Waals surface area contributed by atoms with Gasteiger partial charge in [0.25, 0.3) is 0 Å². The standard InChI is InChI=1S/C66H128O17P2/c1-9-58(7)44-36-28-20-15-16-22-32-40-48-65(70)82-61(52-76-63(68)46-38-30-21-14-12-11-13-18-26-34-42-56(3)4)54-80-84(72,73)78-50-60(67)51-79-85(74,75)81-55-62(83-66(71)49-41-33-23-17-19-27-35-43-57(5)6)53-77-64(69)47-39-31-25-24-29-37-45-59(8)10-2/h56-62,67H,9-55H2,1-8H3,(H,72,73)(H,74,75)/t58?,59?,60-,61-,62-/m1/s1. The molecular formula is C66H128O17P2. The predicted molar refractivity (Wildman–Crippen MR) is 340 cm³/mol. The highest BCUT2D eigenvalue weighted by Crippen LogP contribution is 2.45. The Morgan fingerprint density at radius 1 is 0.329 bits per heavy atom. The second kappa shape index (κ2) is 56.1. The average molecular weight is 1260 g/mol. The van der Waals surface area contributed by atoms with E-state index in [1.807, 2.05) is 0 Å². The number of esters is 4. The number of rotatable bonds is 63. The number of aliphatic hydroxyl groups excluding tert-OH is 1. The molecule has 0 saturated heterocycles. The number of ether oxygens (including phenoxy) is 4. The Bertz CT molecular complexity index is 1700. The van der Waals surface area contributed by atoms with E-state index < -0.39 is 97.5 Å². The molecule has 0 amide bonds. The Morgan fingerprint density at radius 3 is 0.835 bits per heavy atom. The van der Waals surface area contributed by atoms with Crippen LogP contribution in [-0.2, 0) is 65.4 Å². The number of carbonyl (C=O) groups is 4. The first-order valence-corrected chi connectivity index (χ1v) is 37.3. The van der Waals surface area contributed by atoms with Crippen LogP contribution in [0.1, 0.15) is 319 Å². The molecule has 0 radical (unpaired) electrons. The second-order valence-electron chi connectivity index (χ2n) is 25.3. The molecule has 0 aliphatic heterocycles. The number of phosphoric acid groups is 2. The van der Waals surface area contributed by atoms with Crippen molar-refractivity contribution in [3.05, 3.63) is 0 Å². The van der Waals surface area contributed by atoms with Crippen LogP contribution in [0.15, 0.2) is 0 Å². The minimum absolute atomic E-state index is 0.102. The molecule has 0 spiro atoms. The Morgan fingerprint density at radius 2 is 0.565 bits per heavy atom. The summed E-state index contributed by atoms with van der Waals surface area (Å²) in [5.74, 6) is 0.816. The summed E-state index contributed by atoms with van der Waals surface area (Å²) in [5, 5.41) is 10.6. The van der Waals surface area contributed by atoms with Crippen molar-refractivity contribution in [2.45, 2.75) is 337 Å². The molecule has 85 heavy (non-hydrogen) atoms. The van der Waals surface area contributed by atoms with Gasteiger partial charge in [0.2, 0.25) is 0 Å². The van der Waals surface area contributed by atoms with Gasteiger partial charge in [0, 0.05) is 25.7 Å². The number of phosphoric ester groups is 2. The highest BCUT2D eigenvalue weighted by molar-refractivity contribution is 7.47. The van der Waals surface area contributed by atoms with Crippen LogP contribution in [-0.4, -0.2) is 96.7 Å². The van der Waals surface area contributed by atoms with Crippen molar-refractivity contribution >= 4 is 39.5 Å². The van der Waals surface area contributed by atoms with Crippen molar-refractivity contribution in [2.75, 3.05) is 39.6 Å². The molecular weight excluding hydrogens is 1130 g/mol. The maximum atomic E-state index is 13.0. The van der Waals surface area contributed by atoms with Crippen molar-refractivity contribution in [3.8, 4) is 0 Å². The van der Waals surface area contributed by atoms with E-state index in [9.17, 15) is 43.2 Å². The Balaban J connectivity index is 5.26. The normalized spacial score (nSPS) is 15.0. The molecule has 7 atom stereocenters. The molecule has 0 aliphatic rings. The number of hydrogen-bond acceptors (Lipinski definition) is 15. The van der Waals surface area contributed by atoms with Gasteiger partial charge in [0.1, 0.15) is 19.3 Å². The van der Waals surface area contributed by atoms with Gasteiger partial charge in [-0.3, -0.25) is 37.3 Å². The van der Waals surface area contributed by atoms with E-state index in [2.05, 4.69) is 55.4 Å². The maximum absolute atomic E-state index is 13.0. The molecule has 19 heteroatoms. The molecule has 0 fully saturated rings. The molecule has 17 nitrogen and oxygen atoms in total. The molecule has 0 aliphatic carbocycles. The van der Waals surface area contributed by atoms with Gasteiger partial charge in [-0.25, -0.2) is 9.13 Å². The average Bonchev–Trinajstić information content (AvgIpc) is 3.47. The second-order valence-corrected chi connectivity index (χ2v) is 28.2. The first kappa shape index (κ1) is 83.1. The van der Waals surface area contributed by atoms with Crippen molar-refractivity contribution in [2.24, 2.45) is 23.7 Å². The lowest BCUT2D eigenvalue weighted by atomic mass is 9.99. The Labute approximate surface area is 517 Å². The number of aliphatic hydroxyl groups is 1. The zero-order valence-corrected chi connectivity index (χ0v) is 57.0. The van der Waals surface area contributed by atoms with E-state index in [0.29, 0.717) is 31.6 Å². The van der Waals surface area contributed by atoms with Gasteiger partial charge in [0.15, 0.2) is 12.2 Å². The van der Waals surface area contributed by atoms with Gasteiger partial charge in [-0.1, -0.05) is 267 Å². The zero-order valence-electron chi connectivity index (χ0n) is 55.2. The fourth-order valence-electron chi connectivity index (χ4n) is 9.72. The molecule has 0 aromatic carbocycles. The van der Waals surface area contributed by atoms with Crippen molar-refractivity contribution in [3.63, 3.8) is 0 Å². The molecule has 0 aromatic rings. The van der Waals surface area contributed by atoms with Gasteiger partial charge in [-0.15, -0.1) is 0 Å². The van der Waals surface area contributed by atoms with Crippen LogP contribution in [0.2, 0.25) is 0 Å². The zero-order chi connectivity index (χ0) is 63.2. The van der Waals surface area contributed by atoms with Gasteiger partial charge in [-0.05, 0) is 49.4 Å². The molecule has 0 bridgehead atoms. The molecule has 0 saturated carbocycles. The lowest BCUT2D eigenvalue weighted by molar-refractivity contribution is -0.161. The van der Waals surface area contributed by atoms with Crippen LogP contribution in [0, 0.1) is 23.7 Å². The number of unbranched alkanes of at least 4 members (excludes halogenated alkanes) is 27. The van der Waals surface area contributed by atoms with E-state index in [-0.39, 0.29) is 25.7 Å². The molecule has 0 aromatic heterocycles. The molecule has 0 rings (SSSR count). The number of carbonyl (C=O) groups excluding carboxylic acids is 4. The molecule has 4 unspecified atom stereocenters. The third kappa shape index (κ3) is 58.2. The van der Waals surface area contributed by atoms with Crippen LogP contribution in [0.25, 0.3) is 0 Å². The first-order valence-electron chi connectivity index (χ1n) is 34.3. The SMILES string of the molecule is CCC(C)CCCCCCCCCCC(=O)O[C@H](COC(=O)CCCCCCCCCCCCC(C)C)COP(=O)(O)OC[C@@H](O)COP(=O)(O)OC[C@@H](COC(=O)CCCCCCCCC(C)CC)OC(=O)CCCCCCCCCC(C)C. The summed E-state index contributed by atoms with van der Waals surface area (Å²) in [6, 6.07) is 0. The van der Waals surface area contributed by atoms with E-state index in [1.165, 1.54) is 116 Å². The summed E-state index contributed by atoms with van der Waals surface area (Å²) in [4.78, 5) is 72.3. The van der Waals surface area contributed by atoms with Gasteiger partial charge in [0.05, 0.1) is 26.4 Å². The van der Waals surface area contributed by atoms with E-state index in [1.54, 1.807) is 0 Å². The highest BCUT2D eigenvalue weighted by atomic mass is 31.2. The molecule has 0 heterocycles. The largest absolute Gasteiger partial charge is 0.472 e. The van der Waals surface area contributed by atoms with Crippen molar-refractivity contribution < 1.29 is 80.2 Å². The van der Waals surface area contributed by atoms with Crippen LogP contribution in [0.4, 0.5) is 0 Å². The molecule has 504 valence electrons. The van der Waals surface area contributed by atoms with Crippen LogP contribution in [0.5, 0.6) is 0 Å². The topological polar surface area (TPSA) is 237 Å². The van der Waals surface area contributed by atoms with Gasteiger partial charge in [-0.2, -0.15) is 0 Å². The van der Waals surface area contributed by atoms with Crippen LogP contribution in [0.3, 0.4) is 0 Å². The predicted octanol–water partition coefficient (Wildman–Crippen LogP) is 18.1. The van der Waals surface area contributed by atoms with E-state index in [0.717, 1.165) is 114 Å². The fourth-order valence-corrected chi connectivity index (χ4v) is 11.3. The lowest BCUT2D eigenvalue weighted by Crippen LogP contribution is -2.30. The minimum Gasteiger partial charge on any atom is -0.462 e. The summed E-state index contributed by atoms with van der Waals surface area (Å²) in [6.07, 6.45) is 36.2. The van der Waals surface area contributed by atoms with E-state index in [4.69, 9.17) is 37.0 Å². The Kier molecular flexibility index (Phi) is 54.8. The first-order chi connectivity index (χ1) is 40.7. The lowest BCUT2D eigenvalue weighted by Gasteiger charge is -2.21. The van der Waals surface area contributed by atoms with E-state index >= 15 is 0 Å². The monoisotopic (exact) mass is 1250 g/mol.